The number of hydrogen-bond donors (Lipinski definition) is 1. The van der Waals surface area contributed by atoms with Crippen LogP contribution in [0.3, 0.4) is 0 Å². The van der Waals surface area contributed by atoms with Crippen molar-refractivity contribution in [2.24, 2.45) is 0 Å². The van der Waals surface area contributed by atoms with E-state index in [4.69, 9.17) is 14.6 Å². The first-order valence-corrected chi connectivity index (χ1v) is 9.13. The zero-order valence-electron chi connectivity index (χ0n) is 15.8. The number of carboxylic acid groups (broad SMARTS) is 1. The lowest BCUT2D eigenvalue weighted by atomic mass is 10.1. The number of esters is 1. The minimum absolute atomic E-state index is 0.170. The van der Waals surface area contributed by atoms with Crippen LogP contribution in [0, 0.1) is 0 Å². The fourth-order valence-electron chi connectivity index (χ4n) is 1.92. The Balaban J connectivity index is 0. The summed E-state index contributed by atoms with van der Waals surface area (Å²) in [7, 11) is 0. The van der Waals surface area contributed by atoms with Crippen LogP contribution in [0.25, 0.3) is 0 Å². The second kappa shape index (κ2) is 21.4. The van der Waals surface area contributed by atoms with Crippen LogP contribution >= 0.6 is 0 Å². The van der Waals surface area contributed by atoms with Crippen LogP contribution in [0.1, 0.15) is 85.0 Å². The van der Waals surface area contributed by atoms with Gasteiger partial charge in [0.1, 0.15) is 0 Å². The summed E-state index contributed by atoms with van der Waals surface area (Å²) < 4.78 is 4.89. The van der Waals surface area contributed by atoms with Gasteiger partial charge in [0.25, 0.3) is 5.97 Å². The summed E-state index contributed by atoms with van der Waals surface area (Å²) in [5.74, 6) is -1.00. The second-order valence-corrected chi connectivity index (χ2v) is 5.72. The summed E-state index contributed by atoms with van der Waals surface area (Å²) in [4.78, 5) is 19.5. The molecule has 0 aromatic carbocycles. The van der Waals surface area contributed by atoms with Gasteiger partial charge in [-0.15, -0.1) is 0 Å². The lowest BCUT2D eigenvalue weighted by Gasteiger charge is -2.00. The Hall–Kier alpha value is -1.58. The van der Waals surface area contributed by atoms with E-state index in [1.807, 2.05) is 0 Å². The molecule has 1 N–H and O–H groups in total. The van der Waals surface area contributed by atoms with Gasteiger partial charge in [0, 0.05) is 13.8 Å². The number of carbonyl (C=O) groups is 2. The molecular weight excluding hydrogens is 304 g/mol. The molecule has 0 aromatic heterocycles. The van der Waals surface area contributed by atoms with Crippen molar-refractivity contribution in [3.05, 3.63) is 24.3 Å². The number of unbranched alkanes of at least 4 members (excludes halogenated alkanes) is 7. The lowest BCUT2D eigenvalue weighted by Crippen LogP contribution is -1.99. The minimum Gasteiger partial charge on any atom is -0.481 e. The van der Waals surface area contributed by atoms with Crippen LogP contribution in [0.15, 0.2) is 24.3 Å². The molecule has 0 fully saturated rings. The average molecular weight is 341 g/mol. The van der Waals surface area contributed by atoms with Crippen molar-refractivity contribution >= 4 is 11.9 Å². The van der Waals surface area contributed by atoms with Crippen molar-refractivity contribution in [2.45, 2.75) is 85.0 Å². The van der Waals surface area contributed by atoms with Crippen LogP contribution in [0.2, 0.25) is 0 Å². The predicted molar refractivity (Wildman–Crippen MR) is 100 cm³/mol. The van der Waals surface area contributed by atoms with E-state index in [1.54, 1.807) is 0 Å². The zero-order chi connectivity index (χ0) is 18.5. The van der Waals surface area contributed by atoms with Gasteiger partial charge < -0.3 is 9.84 Å². The molecule has 24 heavy (non-hydrogen) atoms. The van der Waals surface area contributed by atoms with Crippen LogP contribution in [-0.2, 0) is 14.3 Å². The fraction of sp³-hybridized carbons (Fsp3) is 0.700. The van der Waals surface area contributed by atoms with E-state index < -0.39 is 5.97 Å². The Morgan fingerprint density at radius 1 is 0.792 bits per heavy atom. The normalized spacial score (nSPS) is 10.6. The van der Waals surface area contributed by atoms with Crippen molar-refractivity contribution in [2.75, 3.05) is 6.61 Å². The third-order valence-electron chi connectivity index (χ3n) is 3.13. The third kappa shape index (κ3) is 32.4. The van der Waals surface area contributed by atoms with E-state index in [9.17, 15) is 4.79 Å². The van der Waals surface area contributed by atoms with Gasteiger partial charge in [0.2, 0.25) is 0 Å². The highest BCUT2D eigenvalue weighted by Crippen LogP contribution is 2.05. The first-order chi connectivity index (χ1) is 11.5. The van der Waals surface area contributed by atoms with E-state index >= 15 is 0 Å². The molecule has 0 aliphatic rings. The van der Waals surface area contributed by atoms with Gasteiger partial charge in [-0.2, -0.15) is 0 Å². The predicted octanol–water partition coefficient (Wildman–Crippen LogP) is 5.67. The number of ether oxygens (including phenoxy) is 1. The van der Waals surface area contributed by atoms with E-state index in [1.165, 1.54) is 51.9 Å². The standard InChI is InChI=1S/C18H32O2.C2H4O2/c1-3-4-5-6-7-8-9-10-11-12-13-14-15-16-17-20-18(2)19;1-2(3)4/h6-7,10-11H,3-5,8-9,12-17H2,1-2H3;1H3,(H,3,4)/b7-6+,11-10-;. The van der Waals surface area contributed by atoms with E-state index in [0.29, 0.717) is 6.61 Å². The summed E-state index contributed by atoms with van der Waals surface area (Å²) in [5.41, 5.74) is 0. The summed E-state index contributed by atoms with van der Waals surface area (Å²) in [6, 6.07) is 0. The Kier molecular flexibility index (Phi) is 22.0. The number of allylic oxidation sites excluding steroid dienone is 4. The molecule has 0 saturated heterocycles. The monoisotopic (exact) mass is 340 g/mol. The van der Waals surface area contributed by atoms with E-state index in [0.717, 1.165) is 26.2 Å². The smallest absolute Gasteiger partial charge is 0.302 e. The highest BCUT2D eigenvalue weighted by Gasteiger charge is 1.92. The van der Waals surface area contributed by atoms with Gasteiger partial charge in [-0.25, -0.2) is 0 Å². The first-order valence-electron chi connectivity index (χ1n) is 9.13. The van der Waals surface area contributed by atoms with Crippen LogP contribution in [0.4, 0.5) is 0 Å². The summed E-state index contributed by atoms with van der Waals surface area (Å²) in [5, 5.41) is 7.42. The van der Waals surface area contributed by atoms with Gasteiger partial charge in [-0.3, -0.25) is 9.59 Å². The minimum atomic E-state index is -0.833. The molecule has 0 atom stereocenters. The Bertz CT molecular complexity index is 342. The molecule has 0 amide bonds. The molecule has 0 unspecified atom stereocenters. The van der Waals surface area contributed by atoms with Crippen molar-refractivity contribution in [1.82, 2.24) is 0 Å². The van der Waals surface area contributed by atoms with Crippen molar-refractivity contribution in [3.63, 3.8) is 0 Å². The zero-order valence-corrected chi connectivity index (χ0v) is 15.8. The third-order valence-corrected chi connectivity index (χ3v) is 3.13. The highest BCUT2D eigenvalue weighted by atomic mass is 16.5. The number of rotatable bonds is 13. The summed E-state index contributed by atoms with van der Waals surface area (Å²) in [6.45, 7) is 5.35. The molecule has 0 saturated carbocycles. The number of carbonyl (C=O) groups excluding carboxylic acids is 1. The topological polar surface area (TPSA) is 63.6 Å². The quantitative estimate of drug-likeness (QED) is 0.266. The Morgan fingerprint density at radius 3 is 1.75 bits per heavy atom. The molecule has 140 valence electrons. The van der Waals surface area contributed by atoms with Crippen LogP contribution in [-0.4, -0.2) is 23.7 Å². The highest BCUT2D eigenvalue weighted by molar-refractivity contribution is 5.65. The largest absolute Gasteiger partial charge is 0.481 e. The van der Waals surface area contributed by atoms with Crippen molar-refractivity contribution < 1.29 is 19.4 Å². The molecule has 0 rings (SSSR count). The van der Waals surface area contributed by atoms with Crippen LogP contribution in [0.5, 0.6) is 0 Å². The molecule has 0 bridgehead atoms. The average Bonchev–Trinajstić information content (AvgIpc) is 2.50. The van der Waals surface area contributed by atoms with E-state index in [-0.39, 0.29) is 5.97 Å². The van der Waals surface area contributed by atoms with Gasteiger partial charge in [0.15, 0.2) is 0 Å². The summed E-state index contributed by atoms with van der Waals surface area (Å²) >= 11 is 0. The van der Waals surface area contributed by atoms with Crippen LogP contribution < -0.4 is 0 Å². The molecule has 0 radical (unpaired) electrons. The molecule has 0 aliphatic heterocycles. The number of aliphatic carboxylic acids is 1. The molecule has 0 aromatic rings. The summed E-state index contributed by atoms with van der Waals surface area (Å²) in [6.07, 6.45) is 21.1. The molecule has 4 nitrogen and oxygen atoms in total. The van der Waals surface area contributed by atoms with Gasteiger partial charge in [-0.1, -0.05) is 56.9 Å². The maximum atomic E-state index is 10.5. The molecule has 0 aliphatic carbocycles. The van der Waals surface area contributed by atoms with Gasteiger partial charge >= 0.3 is 5.97 Å². The van der Waals surface area contributed by atoms with Gasteiger partial charge in [0.05, 0.1) is 6.61 Å². The SMILES string of the molecule is CC(=O)O.CCCC/C=C/CC/C=C\CCCCCCOC(C)=O. The van der Waals surface area contributed by atoms with E-state index in [2.05, 4.69) is 31.2 Å². The van der Waals surface area contributed by atoms with Crippen molar-refractivity contribution in [3.8, 4) is 0 Å². The molecule has 4 heteroatoms. The maximum absolute atomic E-state index is 10.5. The Morgan fingerprint density at radius 2 is 1.25 bits per heavy atom. The van der Waals surface area contributed by atoms with Gasteiger partial charge in [-0.05, 0) is 38.5 Å². The second-order valence-electron chi connectivity index (χ2n) is 5.72. The first kappa shape index (κ1) is 24.7. The number of carboxylic acids is 1. The lowest BCUT2D eigenvalue weighted by molar-refractivity contribution is -0.141. The molecule has 0 spiro atoms. The van der Waals surface area contributed by atoms with Crippen molar-refractivity contribution in [1.29, 1.82) is 0 Å². The maximum Gasteiger partial charge on any atom is 0.302 e. The number of hydrogen-bond acceptors (Lipinski definition) is 3. The fourth-order valence-corrected chi connectivity index (χ4v) is 1.92. The molecule has 0 heterocycles. The molecular formula is C20H36O4. The Labute approximate surface area is 148 Å².